The van der Waals surface area contributed by atoms with E-state index in [4.69, 9.17) is 0 Å². The molecule has 2 N–H and O–H groups in total. The highest BCUT2D eigenvalue weighted by Gasteiger charge is 2.40. The van der Waals surface area contributed by atoms with Crippen molar-refractivity contribution >= 4 is 11.8 Å². The van der Waals surface area contributed by atoms with Crippen LogP contribution in [0.15, 0.2) is 21.9 Å². The lowest BCUT2D eigenvalue weighted by molar-refractivity contribution is -0.140. The second-order valence-electron chi connectivity index (χ2n) is 6.14. The van der Waals surface area contributed by atoms with Gasteiger partial charge in [-0.2, -0.15) is 26.3 Å². The molecule has 0 amide bonds. The summed E-state index contributed by atoms with van der Waals surface area (Å²) in [6.45, 7) is 4.86. The average Bonchev–Trinajstić information content (AvgIpc) is 2.47. The van der Waals surface area contributed by atoms with Crippen LogP contribution >= 0.6 is 11.8 Å². The number of phenolic OH excluding ortho intramolecular Hbond substituents is 2. The van der Waals surface area contributed by atoms with Gasteiger partial charge in [-0.3, -0.25) is 0 Å². The van der Waals surface area contributed by atoms with Gasteiger partial charge in [0.05, 0.1) is 11.1 Å². The molecule has 0 bridgehead atoms. The zero-order valence-corrected chi connectivity index (χ0v) is 15.5. The average molecular weight is 410 g/mol. The molecule has 148 valence electrons. The van der Waals surface area contributed by atoms with Gasteiger partial charge in [-0.1, -0.05) is 11.8 Å². The van der Waals surface area contributed by atoms with E-state index in [1.54, 1.807) is 0 Å². The van der Waals surface area contributed by atoms with E-state index < -0.39 is 44.8 Å². The third kappa shape index (κ3) is 3.97. The van der Waals surface area contributed by atoms with Crippen LogP contribution in [0.1, 0.15) is 33.4 Å². The van der Waals surface area contributed by atoms with Crippen molar-refractivity contribution in [2.24, 2.45) is 0 Å². The molecule has 0 aromatic heterocycles. The van der Waals surface area contributed by atoms with Crippen molar-refractivity contribution in [3.63, 3.8) is 0 Å². The SMILES string of the molecule is Cc1c(O)cc(Sc2cc(O)c(C)c(C)c2C(F)(F)F)c(C(F)(F)F)c1C. The topological polar surface area (TPSA) is 40.5 Å². The van der Waals surface area contributed by atoms with Crippen LogP contribution < -0.4 is 0 Å². The van der Waals surface area contributed by atoms with E-state index in [0.29, 0.717) is 0 Å². The number of rotatable bonds is 2. The van der Waals surface area contributed by atoms with Crippen molar-refractivity contribution in [2.75, 3.05) is 0 Å². The van der Waals surface area contributed by atoms with E-state index in [9.17, 15) is 36.6 Å². The summed E-state index contributed by atoms with van der Waals surface area (Å²) in [5.41, 5.74) is -2.79. The number of aromatic hydroxyl groups is 2. The fourth-order valence-corrected chi connectivity index (χ4v) is 4.04. The van der Waals surface area contributed by atoms with Crippen molar-refractivity contribution in [1.82, 2.24) is 0 Å². The van der Waals surface area contributed by atoms with Gasteiger partial charge in [0.25, 0.3) is 0 Å². The summed E-state index contributed by atoms with van der Waals surface area (Å²) in [6, 6.07) is 1.59. The maximum Gasteiger partial charge on any atom is 0.417 e. The lowest BCUT2D eigenvalue weighted by Gasteiger charge is -2.21. The molecule has 0 unspecified atom stereocenters. The van der Waals surface area contributed by atoms with Crippen LogP contribution in [0.2, 0.25) is 0 Å². The molecule has 0 saturated heterocycles. The molecule has 0 fully saturated rings. The Hall–Kier alpha value is -2.03. The smallest absolute Gasteiger partial charge is 0.417 e. The number of alkyl halides is 6. The minimum absolute atomic E-state index is 0.00865. The Morgan fingerprint density at radius 1 is 0.630 bits per heavy atom. The molecule has 0 atom stereocenters. The molecule has 0 aliphatic heterocycles. The van der Waals surface area contributed by atoms with Gasteiger partial charge in [0.1, 0.15) is 11.5 Å². The second kappa shape index (κ2) is 6.85. The molecular formula is C18H16F6O2S. The Kier molecular flexibility index (Phi) is 5.40. The van der Waals surface area contributed by atoms with E-state index in [-0.39, 0.29) is 34.0 Å². The maximum absolute atomic E-state index is 13.5. The highest BCUT2D eigenvalue weighted by atomic mass is 32.2. The van der Waals surface area contributed by atoms with E-state index in [1.165, 1.54) is 13.8 Å². The van der Waals surface area contributed by atoms with Crippen molar-refractivity contribution in [3.05, 3.63) is 45.5 Å². The number of hydrogen-bond acceptors (Lipinski definition) is 3. The van der Waals surface area contributed by atoms with E-state index >= 15 is 0 Å². The lowest BCUT2D eigenvalue weighted by atomic mass is 10.0. The Bertz CT molecular complexity index is 827. The molecule has 2 nitrogen and oxygen atoms in total. The predicted octanol–water partition coefficient (Wildman–Crippen LogP) is 6.52. The molecule has 27 heavy (non-hydrogen) atoms. The van der Waals surface area contributed by atoms with Crippen molar-refractivity contribution in [2.45, 2.75) is 49.8 Å². The maximum atomic E-state index is 13.5. The molecule has 2 rings (SSSR count). The highest BCUT2D eigenvalue weighted by Crippen LogP contribution is 2.49. The van der Waals surface area contributed by atoms with Crippen LogP contribution in [0.5, 0.6) is 11.5 Å². The lowest BCUT2D eigenvalue weighted by Crippen LogP contribution is -2.13. The van der Waals surface area contributed by atoms with Crippen LogP contribution in [-0.2, 0) is 12.4 Å². The van der Waals surface area contributed by atoms with Gasteiger partial charge in [0.2, 0.25) is 0 Å². The molecule has 9 heteroatoms. The van der Waals surface area contributed by atoms with Crippen molar-refractivity contribution < 1.29 is 36.6 Å². The number of hydrogen-bond donors (Lipinski definition) is 2. The Labute approximate surface area is 155 Å². The quantitative estimate of drug-likeness (QED) is 0.554. The van der Waals surface area contributed by atoms with Gasteiger partial charge in [-0.25, -0.2) is 0 Å². The van der Waals surface area contributed by atoms with E-state index in [0.717, 1.165) is 26.0 Å². The first-order valence-corrected chi connectivity index (χ1v) is 8.46. The summed E-state index contributed by atoms with van der Waals surface area (Å²) >= 11 is 0.209. The minimum Gasteiger partial charge on any atom is -0.508 e. The number of halogens is 6. The van der Waals surface area contributed by atoms with Crippen LogP contribution in [0.25, 0.3) is 0 Å². The predicted molar refractivity (Wildman–Crippen MR) is 89.3 cm³/mol. The first kappa shape index (κ1) is 21.3. The van der Waals surface area contributed by atoms with E-state index in [2.05, 4.69) is 0 Å². The van der Waals surface area contributed by atoms with Gasteiger partial charge in [0, 0.05) is 9.79 Å². The summed E-state index contributed by atoms with van der Waals surface area (Å²) in [7, 11) is 0. The Morgan fingerprint density at radius 3 is 1.19 bits per heavy atom. The van der Waals surface area contributed by atoms with Gasteiger partial charge in [0.15, 0.2) is 0 Å². The Morgan fingerprint density at radius 2 is 0.926 bits per heavy atom. The van der Waals surface area contributed by atoms with Gasteiger partial charge in [-0.15, -0.1) is 0 Å². The second-order valence-corrected chi connectivity index (χ2v) is 7.22. The molecule has 2 aromatic rings. The van der Waals surface area contributed by atoms with Crippen molar-refractivity contribution in [3.8, 4) is 11.5 Å². The number of phenols is 2. The highest BCUT2D eigenvalue weighted by molar-refractivity contribution is 7.99. The normalized spacial score (nSPS) is 12.5. The van der Waals surface area contributed by atoms with Crippen LogP contribution in [0.4, 0.5) is 26.3 Å². The molecule has 2 aromatic carbocycles. The van der Waals surface area contributed by atoms with Crippen LogP contribution in [-0.4, -0.2) is 10.2 Å². The van der Waals surface area contributed by atoms with Crippen LogP contribution in [0.3, 0.4) is 0 Å². The Balaban J connectivity index is 2.79. The first-order chi connectivity index (χ1) is 12.2. The van der Waals surface area contributed by atoms with Gasteiger partial charge in [-0.05, 0) is 62.1 Å². The first-order valence-electron chi connectivity index (χ1n) is 7.64. The fraction of sp³-hybridized carbons (Fsp3) is 0.333. The third-order valence-electron chi connectivity index (χ3n) is 4.46. The van der Waals surface area contributed by atoms with Gasteiger partial charge >= 0.3 is 12.4 Å². The molecule has 0 saturated carbocycles. The molecular weight excluding hydrogens is 394 g/mol. The zero-order valence-electron chi connectivity index (χ0n) is 14.7. The zero-order chi connectivity index (χ0) is 20.9. The summed E-state index contributed by atoms with van der Waals surface area (Å²) in [4.78, 5) is -1.15. The molecule has 0 aliphatic rings. The molecule has 0 spiro atoms. The minimum atomic E-state index is -4.83. The van der Waals surface area contributed by atoms with Crippen LogP contribution in [0, 0.1) is 27.7 Å². The standard InChI is InChI=1S/C18H16F6O2S/c1-7-9(3)15(17(19,20)21)13(5-11(7)25)27-14-6-12(26)8(2)10(4)16(14)18(22,23)24/h5-6,25-26H,1-4H3. The summed E-state index contributed by atoms with van der Waals surface area (Å²) in [5.74, 6) is -0.908. The van der Waals surface area contributed by atoms with Gasteiger partial charge < -0.3 is 10.2 Å². The summed E-state index contributed by atoms with van der Waals surface area (Å²) in [5, 5.41) is 19.8. The fourth-order valence-electron chi connectivity index (χ4n) is 2.72. The summed E-state index contributed by atoms with van der Waals surface area (Å²) < 4.78 is 81.1. The largest absolute Gasteiger partial charge is 0.508 e. The van der Waals surface area contributed by atoms with E-state index in [1.807, 2.05) is 0 Å². The van der Waals surface area contributed by atoms with Crippen molar-refractivity contribution in [1.29, 1.82) is 0 Å². The molecule has 0 radical (unpaired) electrons. The summed E-state index contributed by atoms with van der Waals surface area (Å²) in [6.07, 6.45) is -9.66. The number of benzene rings is 2. The molecule has 0 heterocycles. The third-order valence-corrected chi connectivity index (χ3v) is 5.54. The monoisotopic (exact) mass is 410 g/mol. The molecule has 0 aliphatic carbocycles.